The second-order valence-corrected chi connectivity index (χ2v) is 6.51. The van der Waals surface area contributed by atoms with Crippen LogP contribution in [0.2, 0.25) is 5.02 Å². The Morgan fingerprint density at radius 3 is 2.48 bits per heavy atom. The van der Waals surface area contributed by atoms with Gasteiger partial charge in [0.25, 0.3) is 5.91 Å². The third-order valence-corrected chi connectivity index (χ3v) is 4.97. The van der Waals surface area contributed by atoms with Crippen LogP contribution in [0, 0.1) is 0 Å². The number of rotatable bonds is 3. The molecule has 3 rings (SSSR count). The highest BCUT2D eigenvalue weighted by Gasteiger charge is 2.48. The van der Waals surface area contributed by atoms with Crippen LogP contribution in [0.15, 0.2) is 12.3 Å². The van der Waals surface area contributed by atoms with Crippen molar-refractivity contribution in [3.05, 3.63) is 23.0 Å². The molecule has 2 aliphatic heterocycles. The first-order valence-electron chi connectivity index (χ1n) is 7.61. The Hall–Kier alpha value is -1.57. The Kier molecular flexibility index (Phi) is 4.35. The molecule has 0 saturated carbocycles. The van der Waals surface area contributed by atoms with Crippen LogP contribution in [0.3, 0.4) is 0 Å². The SMILES string of the molecule is Cn1cc(Cl)cc1C(=O)N1CCN(C2(C(=O)O)CCOC2)CC1. The van der Waals surface area contributed by atoms with Crippen LogP contribution in [-0.2, 0) is 16.6 Å². The largest absolute Gasteiger partial charge is 0.480 e. The van der Waals surface area contributed by atoms with E-state index in [1.807, 2.05) is 4.90 Å². The first-order valence-corrected chi connectivity index (χ1v) is 7.99. The average molecular weight is 342 g/mol. The van der Waals surface area contributed by atoms with Gasteiger partial charge in [-0.2, -0.15) is 0 Å². The number of halogens is 1. The maximum absolute atomic E-state index is 12.6. The predicted molar refractivity (Wildman–Crippen MR) is 83.7 cm³/mol. The standard InChI is InChI=1S/C15H20ClN3O4/c1-17-9-11(16)8-12(17)13(20)18-3-5-19(6-4-18)15(14(21)22)2-7-23-10-15/h8-9H,2-7,10H2,1H3,(H,21,22). The molecule has 2 aliphatic rings. The molecule has 1 amide bonds. The van der Waals surface area contributed by atoms with Crippen molar-refractivity contribution >= 4 is 23.5 Å². The zero-order chi connectivity index (χ0) is 16.6. The lowest BCUT2D eigenvalue weighted by Gasteiger charge is -2.42. The molecule has 23 heavy (non-hydrogen) atoms. The molecule has 0 aliphatic carbocycles. The Bertz CT molecular complexity index is 616. The quantitative estimate of drug-likeness (QED) is 0.875. The van der Waals surface area contributed by atoms with Gasteiger partial charge in [0.1, 0.15) is 11.2 Å². The molecule has 2 saturated heterocycles. The normalized spacial score (nSPS) is 25.7. The van der Waals surface area contributed by atoms with Crippen LogP contribution in [-0.4, -0.2) is 76.3 Å². The molecule has 0 spiro atoms. The number of carbonyl (C=O) groups excluding carboxylic acids is 1. The third kappa shape index (κ3) is 2.84. The van der Waals surface area contributed by atoms with E-state index in [2.05, 4.69) is 0 Å². The van der Waals surface area contributed by atoms with Crippen molar-refractivity contribution in [2.75, 3.05) is 39.4 Å². The van der Waals surface area contributed by atoms with Crippen molar-refractivity contribution in [1.29, 1.82) is 0 Å². The number of carboxylic acids is 1. The van der Waals surface area contributed by atoms with Gasteiger partial charge in [0.2, 0.25) is 0 Å². The first-order chi connectivity index (χ1) is 10.9. The van der Waals surface area contributed by atoms with E-state index in [-0.39, 0.29) is 12.5 Å². The lowest BCUT2D eigenvalue weighted by molar-refractivity contribution is -0.152. The summed E-state index contributed by atoms with van der Waals surface area (Å²) in [5.74, 6) is -0.921. The molecule has 1 unspecified atom stereocenters. The number of hydrogen-bond donors (Lipinski definition) is 1. The summed E-state index contributed by atoms with van der Waals surface area (Å²) in [4.78, 5) is 27.9. The Morgan fingerprint density at radius 2 is 2.00 bits per heavy atom. The fourth-order valence-corrected chi connectivity index (χ4v) is 3.59. The van der Waals surface area contributed by atoms with E-state index in [4.69, 9.17) is 16.3 Å². The van der Waals surface area contributed by atoms with Gasteiger partial charge in [-0.25, -0.2) is 0 Å². The van der Waals surface area contributed by atoms with Crippen LogP contribution in [0.4, 0.5) is 0 Å². The maximum Gasteiger partial charge on any atom is 0.326 e. The Balaban J connectivity index is 1.67. The Labute approximate surface area is 139 Å². The van der Waals surface area contributed by atoms with Crippen molar-refractivity contribution < 1.29 is 19.4 Å². The summed E-state index contributed by atoms with van der Waals surface area (Å²) in [6.45, 7) is 2.73. The van der Waals surface area contributed by atoms with Crippen molar-refractivity contribution in [3.63, 3.8) is 0 Å². The van der Waals surface area contributed by atoms with Crippen molar-refractivity contribution in [2.24, 2.45) is 7.05 Å². The minimum absolute atomic E-state index is 0.0777. The van der Waals surface area contributed by atoms with E-state index in [9.17, 15) is 14.7 Å². The molecule has 8 heteroatoms. The fourth-order valence-electron chi connectivity index (χ4n) is 3.34. The second kappa shape index (κ2) is 6.14. The van der Waals surface area contributed by atoms with E-state index >= 15 is 0 Å². The van der Waals surface area contributed by atoms with Crippen LogP contribution in [0.5, 0.6) is 0 Å². The molecular weight excluding hydrogens is 322 g/mol. The zero-order valence-corrected chi connectivity index (χ0v) is 13.8. The molecular formula is C15H20ClN3O4. The summed E-state index contributed by atoms with van der Waals surface area (Å²) in [5.41, 5.74) is -0.399. The highest BCUT2D eigenvalue weighted by atomic mass is 35.5. The van der Waals surface area contributed by atoms with Gasteiger partial charge in [0.15, 0.2) is 0 Å². The van der Waals surface area contributed by atoms with Gasteiger partial charge in [-0.05, 0) is 6.07 Å². The van der Waals surface area contributed by atoms with E-state index in [1.165, 1.54) is 0 Å². The molecule has 2 fully saturated rings. The number of ether oxygens (including phenoxy) is 1. The number of carbonyl (C=O) groups is 2. The first kappa shape index (κ1) is 16.3. The number of aromatic nitrogens is 1. The second-order valence-electron chi connectivity index (χ2n) is 6.07. The van der Waals surface area contributed by atoms with E-state index in [0.717, 1.165) is 0 Å². The van der Waals surface area contributed by atoms with Gasteiger partial charge in [-0.15, -0.1) is 0 Å². The zero-order valence-electron chi connectivity index (χ0n) is 13.0. The Morgan fingerprint density at radius 1 is 1.30 bits per heavy atom. The fraction of sp³-hybridized carbons (Fsp3) is 0.600. The lowest BCUT2D eigenvalue weighted by atomic mass is 9.95. The lowest BCUT2D eigenvalue weighted by Crippen LogP contribution is -2.62. The molecule has 1 N–H and O–H groups in total. The number of nitrogens with zero attached hydrogens (tertiary/aromatic N) is 3. The number of piperazine rings is 1. The number of carboxylic acid groups (broad SMARTS) is 1. The topological polar surface area (TPSA) is 75.0 Å². The van der Waals surface area contributed by atoms with Crippen LogP contribution in [0.1, 0.15) is 16.9 Å². The molecule has 0 radical (unpaired) electrons. The molecule has 3 heterocycles. The average Bonchev–Trinajstić information content (AvgIpc) is 3.14. The van der Waals surface area contributed by atoms with Gasteiger partial charge in [-0.1, -0.05) is 11.6 Å². The van der Waals surface area contributed by atoms with E-state index in [1.54, 1.807) is 28.8 Å². The summed E-state index contributed by atoms with van der Waals surface area (Å²) in [5, 5.41) is 10.1. The minimum atomic E-state index is -0.941. The molecule has 7 nitrogen and oxygen atoms in total. The summed E-state index contributed by atoms with van der Waals surface area (Å²) in [6, 6.07) is 1.65. The van der Waals surface area contributed by atoms with E-state index in [0.29, 0.717) is 49.9 Å². The number of amides is 1. The highest BCUT2D eigenvalue weighted by molar-refractivity contribution is 6.31. The van der Waals surface area contributed by atoms with Crippen LogP contribution < -0.4 is 0 Å². The minimum Gasteiger partial charge on any atom is -0.480 e. The molecule has 1 aromatic rings. The van der Waals surface area contributed by atoms with Gasteiger partial charge < -0.3 is 19.3 Å². The number of aliphatic carboxylic acids is 1. The van der Waals surface area contributed by atoms with E-state index < -0.39 is 11.5 Å². The van der Waals surface area contributed by atoms with Gasteiger partial charge in [-0.3, -0.25) is 14.5 Å². The van der Waals surface area contributed by atoms with Crippen molar-refractivity contribution in [1.82, 2.24) is 14.4 Å². The van der Waals surface area contributed by atoms with Crippen molar-refractivity contribution in [3.8, 4) is 0 Å². The van der Waals surface area contributed by atoms with Crippen LogP contribution in [0.25, 0.3) is 0 Å². The predicted octanol–water partition coefficient (Wildman–Crippen LogP) is 0.680. The molecule has 0 bridgehead atoms. The number of hydrogen-bond acceptors (Lipinski definition) is 4. The maximum atomic E-state index is 12.6. The van der Waals surface area contributed by atoms with Gasteiger partial charge in [0, 0.05) is 52.5 Å². The van der Waals surface area contributed by atoms with Crippen molar-refractivity contribution in [2.45, 2.75) is 12.0 Å². The molecule has 1 aromatic heterocycles. The third-order valence-electron chi connectivity index (χ3n) is 4.76. The summed E-state index contributed by atoms with van der Waals surface area (Å²) in [6.07, 6.45) is 2.18. The summed E-state index contributed by atoms with van der Waals surface area (Å²) in [7, 11) is 1.78. The smallest absolute Gasteiger partial charge is 0.326 e. The summed E-state index contributed by atoms with van der Waals surface area (Å²) < 4.78 is 7.02. The molecule has 1 atom stereocenters. The van der Waals surface area contributed by atoms with Gasteiger partial charge >= 0.3 is 5.97 Å². The molecule has 126 valence electrons. The highest BCUT2D eigenvalue weighted by Crippen LogP contribution is 2.28. The monoisotopic (exact) mass is 341 g/mol. The van der Waals surface area contributed by atoms with Gasteiger partial charge in [0.05, 0.1) is 11.6 Å². The number of aryl methyl sites for hydroxylation is 1. The van der Waals surface area contributed by atoms with Crippen LogP contribution >= 0.6 is 11.6 Å². The summed E-state index contributed by atoms with van der Waals surface area (Å²) >= 11 is 5.93. The molecule has 0 aromatic carbocycles.